The number of imidazole rings is 1. The fourth-order valence-electron chi connectivity index (χ4n) is 2.57. The average molecular weight is 392 g/mol. The van der Waals surface area contributed by atoms with Gasteiger partial charge in [-0.2, -0.15) is 18.3 Å². The Kier molecular flexibility index (Phi) is 5.21. The number of carbonyl (C=O) groups excluding carboxylic acids is 1. The summed E-state index contributed by atoms with van der Waals surface area (Å²) in [7, 11) is 1.45. The van der Waals surface area contributed by atoms with Crippen LogP contribution in [-0.4, -0.2) is 33.9 Å². The highest BCUT2D eigenvalue weighted by Gasteiger charge is 2.37. The van der Waals surface area contributed by atoms with E-state index < -0.39 is 24.5 Å². The molecule has 1 heterocycles. The molecule has 0 unspecified atom stereocenters. The number of hydrogen-bond acceptors (Lipinski definition) is 5. The van der Waals surface area contributed by atoms with Crippen molar-refractivity contribution in [1.29, 1.82) is 0 Å². The van der Waals surface area contributed by atoms with Crippen molar-refractivity contribution in [2.75, 3.05) is 7.11 Å². The van der Waals surface area contributed by atoms with Crippen LogP contribution in [0.3, 0.4) is 0 Å². The van der Waals surface area contributed by atoms with Crippen molar-refractivity contribution in [3.05, 3.63) is 53.9 Å². The Balaban J connectivity index is 1.79. The van der Waals surface area contributed by atoms with Gasteiger partial charge in [0.25, 0.3) is 5.91 Å². The molecule has 0 atom stereocenters. The van der Waals surface area contributed by atoms with Crippen LogP contribution in [0.4, 0.5) is 13.2 Å². The van der Waals surface area contributed by atoms with E-state index in [4.69, 9.17) is 4.74 Å². The Morgan fingerprint density at radius 3 is 2.79 bits per heavy atom. The first-order valence-corrected chi connectivity index (χ1v) is 8.01. The number of alkyl halides is 3. The summed E-state index contributed by atoms with van der Waals surface area (Å²) in [5.41, 5.74) is 2.72. The molecule has 3 aromatic rings. The second-order valence-corrected chi connectivity index (χ2v) is 5.73. The van der Waals surface area contributed by atoms with Gasteiger partial charge in [-0.15, -0.1) is 0 Å². The van der Waals surface area contributed by atoms with Crippen LogP contribution in [0.1, 0.15) is 11.4 Å². The summed E-state index contributed by atoms with van der Waals surface area (Å²) >= 11 is 0. The van der Waals surface area contributed by atoms with E-state index in [1.807, 2.05) is 0 Å². The van der Waals surface area contributed by atoms with Crippen molar-refractivity contribution in [1.82, 2.24) is 15.0 Å². The van der Waals surface area contributed by atoms with Gasteiger partial charge in [0.05, 0.1) is 24.4 Å². The summed E-state index contributed by atoms with van der Waals surface area (Å²) < 4.78 is 45.5. The van der Waals surface area contributed by atoms with Crippen LogP contribution in [0.2, 0.25) is 0 Å². The maximum Gasteiger partial charge on any atom is 0.449 e. The van der Waals surface area contributed by atoms with Gasteiger partial charge in [0, 0.05) is 5.56 Å². The van der Waals surface area contributed by atoms with E-state index in [0.29, 0.717) is 5.75 Å². The van der Waals surface area contributed by atoms with Gasteiger partial charge in [-0.25, -0.2) is 10.4 Å². The molecule has 2 aromatic carbocycles. The molecular weight excluding hydrogens is 377 g/mol. The number of ether oxygens (including phenoxy) is 1. The topological polar surface area (TPSA) is 88.7 Å². The maximum atomic E-state index is 13.2. The fourth-order valence-corrected chi connectivity index (χ4v) is 2.57. The molecule has 3 rings (SSSR count). The molecule has 0 bridgehead atoms. The van der Waals surface area contributed by atoms with E-state index in [0.717, 1.165) is 10.8 Å². The van der Waals surface area contributed by atoms with Crippen molar-refractivity contribution >= 4 is 23.2 Å². The monoisotopic (exact) mass is 392 g/mol. The lowest BCUT2D eigenvalue weighted by molar-refractivity contribution is -0.147. The summed E-state index contributed by atoms with van der Waals surface area (Å²) in [5.74, 6) is -1.59. The predicted molar refractivity (Wildman–Crippen MR) is 95.1 cm³/mol. The maximum absolute atomic E-state index is 13.2. The third-order valence-corrected chi connectivity index (χ3v) is 3.84. The van der Waals surface area contributed by atoms with Crippen molar-refractivity contribution in [2.45, 2.75) is 12.7 Å². The summed E-state index contributed by atoms with van der Waals surface area (Å²) in [4.78, 5) is 15.7. The highest BCUT2D eigenvalue weighted by Crippen LogP contribution is 2.31. The number of rotatable bonds is 5. The number of methoxy groups -OCH3 is 1. The van der Waals surface area contributed by atoms with Crippen LogP contribution in [0.5, 0.6) is 11.5 Å². The van der Waals surface area contributed by atoms with E-state index in [-0.39, 0.29) is 22.3 Å². The van der Waals surface area contributed by atoms with E-state index in [1.54, 1.807) is 12.1 Å². The first kappa shape index (κ1) is 19.2. The Bertz CT molecular complexity index is 1040. The van der Waals surface area contributed by atoms with Crippen LogP contribution < -0.4 is 10.2 Å². The summed E-state index contributed by atoms with van der Waals surface area (Å²) in [6.07, 6.45) is -3.55. The van der Waals surface area contributed by atoms with Crippen molar-refractivity contribution in [3.63, 3.8) is 0 Å². The van der Waals surface area contributed by atoms with Gasteiger partial charge in [0.2, 0.25) is 5.82 Å². The number of benzene rings is 2. The first-order chi connectivity index (χ1) is 13.3. The van der Waals surface area contributed by atoms with Crippen LogP contribution in [0.15, 0.2) is 47.6 Å². The van der Waals surface area contributed by atoms with E-state index in [1.165, 1.54) is 37.4 Å². The number of carbonyl (C=O) groups is 1. The lowest BCUT2D eigenvalue weighted by Gasteiger charge is -2.10. The van der Waals surface area contributed by atoms with Crippen LogP contribution in [-0.2, 0) is 17.5 Å². The molecule has 10 heteroatoms. The standard InChI is InChI=1S/C18H15F3N4O3/c1-28-12-6-7-15(26)11(8-12)9-22-24-16(27)10-25-14-5-3-2-4-13(14)23-17(25)18(19,20)21/h2-9,26H,10H2,1H3,(H,24,27). The zero-order valence-corrected chi connectivity index (χ0v) is 14.6. The number of nitrogens with zero attached hydrogens (tertiary/aromatic N) is 3. The van der Waals surface area contributed by atoms with Crippen molar-refractivity contribution < 1.29 is 27.8 Å². The molecule has 146 valence electrons. The molecule has 2 N–H and O–H groups in total. The molecule has 28 heavy (non-hydrogen) atoms. The van der Waals surface area contributed by atoms with E-state index in [9.17, 15) is 23.1 Å². The summed E-state index contributed by atoms with van der Waals surface area (Å²) in [5, 5.41) is 13.4. The molecule has 0 spiro atoms. The molecule has 1 amide bonds. The summed E-state index contributed by atoms with van der Waals surface area (Å²) in [6.45, 7) is -0.628. The molecule has 0 aliphatic carbocycles. The SMILES string of the molecule is COc1ccc(O)c(C=NNC(=O)Cn2c(C(F)(F)F)nc3ccccc32)c1. The largest absolute Gasteiger partial charge is 0.507 e. The highest BCUT2D eigenvalue weighted by atomic mass is 19.4. The Morgan fingerprint density at radius 1 is 1.32 bits per heavy atom. The number of fused-ring (bicyclic) bond motifs is 1. The number of amides is 1. The molecule has 0 radical (unpaired) electrons. The minimum atomic E-state index is -4.71. The number of halogens is 3. The predicted octanol–water partition coefficient (Wildman–Crippen LogP) is 2.92. The minimum absolute atomic E-state index is 0.0984. The number of nitrogens with one attached hydrogen (secondary N) is 1. The van der Waals surface area contributed by atoms with Gasteiger partial charge in [-0.1, -0.05) is 12.1 Å². The third kappa shape index (κ3) is 4.05. The van der Waals surface area contributed by atoms with Gasteiger partial charge in [-0.05, 0) is 30.3 Å². The second kappa shape index (κ2) is 7.59. The normalized spacial score (nSPS) is 11.9. The van der Waals surface area contributed by atoms with Crippen molar-refractivity contribution in [2.24, 2.45) is 5.10 Å². The number of aromatic hydroxyl groups is 1. The number of aromatic nitrogens is 2. The van der Waals surface area contributed by atoms with Crippen LogP contribution >= 0.6 is 0 Å². The molecule has 7 nitrogen and oxygen atoms in total. The van der Waals surface area contributed by atoms with E-state index in [2.05, 4.69) is 15.5 Å². The number of hydrogen-bond donors (Lipinski definition) is 2. The van der Waals surface area contributed by atoms with Crippen LogP contribution in [0, 0.1) is 0 Å². The smallest absolute Gasteiger partial charge is 0.449 e. The number of phenolic OH excluding ortho intramolecular Hbond substituents is 1. The van der Waals surface area contributed by atoms with E-state index >= 15 is 0 Å². The number of hydrazone groups is 1. The second-order valence-electron chi connectivity index (χ2n) is 5.73. The lowest BCUT2D eigenvalue weighted by Crippen LogP contribution is -2.26. The highest BCUT2D eigenvalue weighted by molar-refractivity contribution is 5.86. The van der Waals surface area contributed by atoms with Crippen LogP contribution in [0.25, 0.3) is 11.0 Å². The van der Waals surface area contributed by atoms with Gasteiger partial charge < -0.3 is 14.4 Å². The molecule has 0 aliphatic heterocycles. The fraction of sp³-hybridized carbons (Fsp3) is 0.167. The lowest BCUT2D eigenvalue weighted by atomic mass is 10.2. The molecule has 0 fully saturated rings. The molecular formula is C18H15F3N4O3. The summed E-state index contributed by atoms with van der Waals surface area (Å²) in [6, 6.07) is 10.4. The zero-order chi connectivity index (χ0) is 20.3. The van der Waals surface area contributed by atoms with Gasteiger partial charge in [0.1, 0.15) is 18.0 Å². The number of phenols is 1. The van der Waals surface area contributed by atoms with Gasteiger partial charge >= 0.3 is 6.18 Å². The van der Waals surface area contributed by atoms with Gasteiger partial charge in [0.15, 0.2) is 0 Å². The first-order valence-electron chi connectivity index (χ1n) is 8.01. The quantitative estimate of drug-likeness (QED) is 0.516. The average Bonchev–Trinajstić information content (AvgIpc) is 3.02. The third-order valence-electron chi connectivity index (χ3n) is 3.84. The Morgan fingerprint density at radius 2 is 2.07 bits per heavy atom. The molecule has 0 saturated heterocycles. The van der Waals surface area contributed by atoms with Crippen molar-refractivity contribution in [3.8, 4) is 11.5 Å². The number of para-hydroxylation sites is 2. The zero-order valence-electron chi connectivity index (χ0n) is 14.6. The van der Waals surface area contributed by atoms with Gasteiger partial charge in [-0.3, -0.25) is 4.79 Å². The molecule has 1 aromatic heterocycles. The molecule has 0 saturated carbocycles. The Labute approximate surface area is 157 Å². The molecule has 0 aliphatic rings. The Hall–Kier alpha value is -3.56. The minimum Gasteiger partial charge on any atom is -0.507 e.